The second kappa shape index (κ2) is 68.2. The van der Waals surface area contributed by atoms with Gasteiger partial charge in [0.15, 0.2) is 12.2 Å². The van der Waals surface area contributed by atoms with Crippen molar-refractivity contribution in [2.45, 2.75) is 420 Å². The second-order valence-electron chi connectivity index (χ2n) is 30.4. The Hall–Kier alpha value is -1.94. The topological polar surface area (TPSA) is 237 Å². The monoisotopic (exact) mass is 1440 g/mol. The van der Waals surface area contributed by atoms with Gasteiger partial charge in [-0.15, -0.1) is 0 Å². The van der Waals surface area contributed by atoms with Gasteiger partial charge >= 0.3 is 39.5 Å². The molecule has 98 heavy (non-hydrogen) atoms. The molecule has 0 aliphatic heterocycles. The molecule has 0 aromatic rings. The van der Waals surface area contributed by atoms with E-state index in [-0.39, 0.29) is 25.7 Å². The highest BCUT2D eigenvalue weighted by molar-refractivity contribution is 7.47. The van der Waals surface area contributed by atoms with Gasteiger partial charge in [0.1, 0.15) is 19.3 Å². The number of carbonyl (C=O) groups excluding carboxylic acids is 4. The fourth-order valence-electron chi connectivity index (χ4n) is 12.1. The van der Waals surface area contributed by atoms with Crippen LogP contribution in [0.15, 0.2) is 0 Å². The summed E-state index contributed by atoms with van der Waals surface area (Å²) in [7, 11) is -9.92. The maximum Gasteiger partial charge on any atom is 0.472 e. The van der Waals surface area contributed by atoms with Gasteiger partial charge in [0.25, 0.3) is 0 Å². The molecule has 2 unspecified atom stereocenters. The fraction of sp³-hybridized carbons (Fsp3) is 0.949. The number of hydrogen-bond acceptors (Lipinski definition) is 15. The lowest BCUT2D eigenvalue weighted by Crippen LogP contribution is -2.30. The average Bonchev–Trinajstić information content (AvgIpc) is 0.965. The van der Waals surface area contributed by atoms with Crippen LogP contribution >= 0.6 is 15.6 Å². The molecule has 0 aromatic carbocycles. The summed E-state index contributed by atoms with van der Waals surface area (Å²) < 4.78 is 68.6. The van der Waals surface area contributed by atoms with Crippen LogP contribution in [0, 0.1) is 23.7 Å². The third kappa shape index (κ3) is 72.4. The van der Waals surface area contributed by atoms with Crippen LogP contribution in [-0.2, 0) is 65.4 Å². The predicted molar refractivity (Wildman–Crippen MR) is 400 cm³/mol. The minimum Gasteiger partial charge on any atom is -0.462 e. The molecule has 0 saturated carbocycles. The van der Waals surface area contributed by atoms with Crippen molar-refractivity contribution in [3.05, 3.63) is 0 Å². The summed E-state index contributed by atoms with van der Waals surface area (Å²) in [5.41, 5.74) is 0. The highest BCUT2D eigenvalue weighted by atomic mass is 31.2. The molecule has 0 radical (unpaired) electrons. The van der Waals surface area contributed by atoms with Crippen molar-refractivity contribution in [2.24, 2.45) is 23.7 Å². The number of aliphatic hydroxyl groups excluding tert-OH is 1. The molecule has 3 N–H and O–H groups in total. The molecule has 0 aliphatic rings. The van der Waals surface area contributed by atoms with Gasteiger partial charge in [-0.05, 0) is 49.4 Å². The Kier molecular flexibility index (Phi) is 66.8. The molecular formula is C79H154O17P2. The summed E-state index contributed by atoms with van der Waals surface area (Å²) in [5, 5.41) is 10.6. The zero-order chi connectivity index (χ0) is 72.4. The Morgan fingerprint density at radius 2 is 0.429 bits per heavy atom. The third-order valence-corrected chi connectivity index (χ3v) is 20.2. The maximum atomic E-state index is 13.1. The maximum absolute atomic E-state index is 13.1. The number of rotatable bonds is 76. The van der Waals surface area contributed by atoms with E-state index in [0.29, 0.717) is 31.6 Å². The minimum atomic E-state index is -4.96. The van der Waals surface area contributed by atoms with E-state index in [9.17, 15) is 43.2 Å². The van der Waals surface area contributed by atoms with Crippen LogP contribution in [0.3, 0.4) is 0 Å². The molecule has 0 saturated heterocycles. The van der Waals surface area contributed by atoms with Crippen LogP contribution in [0.5, 0.6) is 0 Å². The molecule has 0 spiro atoms. The highest BCUT2D eigenvalue weighted by Gasteiger charge is 2.30. The largest absolute Gasteiger partial charge is 0.472 e. The molecule has 17 nitrogen and oxygen atoms in total. The Balaban J connectivity index is 5.19. The number of ether oxygens (including phenoxy) is 4. The zero-order valence-corrected chi connectivity index (χ0v) is 66.2. The molecule has 0 amide bonds. The summed E-state index contributed by atoms with van der Waals surface area (Å²) in [5.74, 6) is 0.912. The average molecular weight is 1440 g/mol. The summed E-state index contributed by atoms with van der Waals surface area (Å²) >= 11 is 0. The minimum absolute atomic E-state index is 0.105. The van der Waals surface area contributed by atoms with Crippen molar-refractivity contribution in [1.82, 2.24) is 0 Å². The van der Waals surface area contributed by atoms with Crippen molar-refractivity contribution >= 4 is 39.5 Å². The lowest BCUT2D eigenvalue weighted by molar-refractivity contribution is -0.161. The summed E-state index contributed by atoms with van der Waals surface area (Å²) in [6, 6.07) is 0. The number of phosphoric acid groups is 2. The standard InChI is InChI=1S/C79H154O17P2/c1-69(2)55-47-39-31-25-19-15-13-11-9-10-12-14-16-21-28-34-43-51-59-76(81)89-65-74(95-78(83)61-53-45-35-29-22-18-17-20-26-32-40-48-56-70(3)4)67-93-97(85,86)91-63-73(80)64-92-98(87,88)94-68-75(66-90-77(82)60-52-44-38-37-42-50-58-72(7)8)96-79(84)62-54-46-36-30-24-23-27-33-41-49-57-71(5)6/h69-75,80H,9-68H2,1-8H3,(H,85,86)(H,87,88)/t73-,74-,75-/m1/s1. The smallest absolute Gasteiger partial charge is 0.462 e. The van der Waals surface area contributed by atoms with Crippen LogP contribution in [0.4, 0.5) is 0 Å². The first kappa shape index (κ1) is 96.1. The Morgan fingerprint density at radius 3 is 0.633 bits per heavy atom. The molecule has 0 bridgehead atoms. The molecule has 0 aliphatic carbocycles. The summed E-state index contributed by atoms with van der Waals surface area (Å²) in [6.07, 6.45) is 54.4. The second-order valence-corrected chi connectivity index (χ2v) is 33.3. The van der Waals surface area contributed by atoms with Crippen LogP contribution in [0.2, 0.25) is 0 Å². The third-order valence-electron chi connectivity index (χ3n) is 18.3. The van der Waals surface area contributed by atoms with Crippen LogP contribution < -0.4 is 0 Å². The number of unbranched alkanes of at least 4 members (excludes halogenated alkanes) is 42. The first-order valence-corrected chi connectivity index (χ1v) is 43.7. The number of aliphatic hydroxyl groups is 1. The summed E-state index contributed by atoms with van der Waals surface area (Å²) in [4.78, 5) is 72.9. The molecule has 582 valence electrons. The van der Waals surface area contributed by atoms with Gasteiger partial charge in [0.05, 0.1) is 26.4 Å². The SMILES string of the molecule is CC(C)CCCCCCCCCCCCCCCCCCCCC(=O)OC[C@H](COP(=O)(O)OC[C@@H](O)COP(=O)(O)OC[C@@H](COC(=O)CCCCCCCCC(C)C)OC(=O)CCCCCCCCCCCCC(C)C)OC(=O)CCCCCCCCCCCCCCC(C)C. The number of esters is 4. The zero-order valence-electron chi connectivity index (χ0n) is 64.4. The molecular weight excluding hydrogens is 1280 g/mol. The lowest BCUT2D eigenvalue weighted by Gasteiger charge is -2.21. The van der Waals surface area contributed by atoms with Gasteiger partial charge in [0, 0.05) is 25.7 Å². The Labute approximate surface area is 600 Å². The van der Waals surface area contributed by atoms with Crippen molar-refractivity contribution in [1.29, 1.82) is 0 Å². The van der Waals surface area contributed by atoms with Crippen LogP contribution in [-0.4, -0.2) is 96.7 Å². The van der Waals surface area contributed by atoms with Crippen LogP contribution in [0.1, 0.15) is 402 Å². The highest BCUT2D eigenvalue weighted by Crippen LogP contribution is 2.45. The van der Waals surface area contributed by atoms with Crippen molar-refractivity contribution in [3.63, 3.8) is 0 Å². The van der Waals surface area contributed by atoms with E-state index >= 15 is 0 Å². The van der Waals surface area contributed by atoms with E-state index in [1.54, 1.807) is 0 Å². The lowest BCUT2D eigenvalue weighted by atomic mass is 10.0. The van der Waals surface area contributed by atoms with E-state index in [1.807, 2.05) is 0 Å². The van der Waals surface area contributed by atoms with Crippen molar-refractivity contribution < 1.29 is 80.2 Å². The van der Waals surface area contributed by atoms with E-state index < -0.39 is 97.5 Å². The van der Waals surface area contributed by atoms with Gasteiger partial charge in [-0.25, -0.2) is 9.13 Å². The van der Waals surface area contributed by atoms with Crippen LogP contribution in [0.25, 0.3) is 0 Å². The molecule has 0 rings (SSSR count). The quantitative estimate of drug-likeness (QED) is 0.0222. The molecule has 0 aromatic heterocycles. The fourth-order valence-corrected chi connectivity index (χ4v) is 13.7. The van der Waals surface area contributed by atoms with Gasteiger partial charge in [-0.1, -0.05) is 351 Å². The van der Waals surface area contributed by atoms with Gasteiger partial charge in [-0.3, -0.25) is 37.3 Å². The number of carbonyl (C=O) groups is 4. The van der Waals surface area contributed by atoms with E-state index in [4.69, 9.17) is 37.0 Å². The Morgan fingerprint density at radius 1 is 0.255 bits per heavy atom. The van der Waals surface area contributed by atoms with Gasteiger partial charge in [-0.2, -0.15) is 0 Å². The van der Waals surface area contributed by atoms with E-state index in [0.717, 1.165) is 114 Å². The first-order chi connectivity index (χ1) is 47.1. The predicted octanol–water partition coefficient (Wildman–Crippen LogP) is 23.2. The number of phosphoric ester groups is 2. The number of hydrogen-bond donors (Lipinski definition) is 3. The molecule has 0 heterocycles. The van der Waals surface area contributed by atoms with Gasteiger partial charge < -0.3 is 33.8 Å². The Bertz CT molecular complexity index is 1920. The van der Waals surface area contributed by atoms with E-state index in [2.05, 4.69) is 55.4 Å². The van der Waals surface area contributed by atoms with E-state index in [1.165, 1.54) is 199 Å². The summed E-state index contributed by atoms with van der Waals surface area (Å²) in [6.45, 7) is 14.2. The molecule has 0 fully saturated rings. The normalized spacial score (nSPS) is 14.1. The molecule has 19 heteroatoms. The van der Waals surface area contributed by atoms with Crippen molar-refractivity contribution in [3.8, 4) is 0 Å². The molecule has 5 atom stereocenters. The van der Waals surface area contributed by atoms with Crippen molar-refractivity contribution in [2.75, 3.05) is 39.6 Å². The van der Waals surface area contributed by atoms with Gasteiger partial charge in [0.2, 0.25) is 0 Å². The first-order valence-electron chi connectivity index (χ1n) is 40.7.